The van der Waals surface area contributed by atoms with Crippen molar-refractivity contribution in [3.63, 3.8) is 0 Å². The van der Waals surface area contributed by atoms with Gasteiger partial charge in [0, 0.05) is 44.3 Å². The average molecular weight is 450 g/mol. The second kappa shape index (κ2) is 10.1. The summed E-state index contributed by atoms with van der Waals surface area (Å²) in [6.45, 7) is 10.0. The minimum atomic E-state index is 0.322. The first-order valence-electron chi connectivity index (χ1n) is 10.6. The van der Waals surface area contributed by atoms with Crippen molar-refractivity contribution < 1.29 is 13.9 Å². The third-order valence-corrected chi connectivity index (χ3v) is 6.80. The molecule has 0 N–H and O–H groups in total. The Morgan fingerprint density at radius 2 is 2.00 bits per heavy atom. The summed E-state index contributed by atoms with van der Waals surface area (Å²) in [5.74, 6) is 2.27. The fourth-order valence-electron chi connectivity index (χ4n) is 3.96. The van der Waals surface area contributed by atoms with Gasteiger partial charge in [0.15, 0.2) is 16.9 Å². The molecule has 2 aliphatic heterocycles. The normalized spacial score (nSPS) is 18.5. The van der Waals surface area contributed by atoms with Crippen molar-refractivity contribution >= 4 is 23.4 Å². The van der Waals surface area contributed by atoms with E-state index >= 15 is 0 Å². The second-order valence-electron chi connectivity index (χ2n) is 7.62. The van der Waals surface area contributed by atoms with Crippen molar-refractivity contribution in [2.75, 3.05) is 32.9 Å². The molecule has 30 heavy (non-hydrogen) atoms. The van der Waals surface area contributed by atoms with Crippen LogP contribution in [0.15, 0.2) is 45.3 Å². The van der Waals surface area contributed by atoms with E-state index in [0.717, 1.165) is 79.6 Å². The van der Waals surface area contributed by atoms with Crippen molar-refractivity contribution in [1.82, 2.24) is 14.9 Å². The summed E-state index contributed by atoms with van der Waals surface area (Å²) < 4.78 is 17.4. The van der Waals surface area contributed by atoms with Crippen LogP contribution in [0.1, 0.15) is 56.0 Å². The van der Waals surface area contributed by atoms with Crippen molar-refractivity contribution in [1.29, 1.82) is 0 Å². The van der Waals surface area contributed by atoms with E-state index in [2.05, 4.69) is 16.5 Å². The molecule has 2 aromatic heterocycles. The van der Waals surface area contributed by atoms with Gasteiger partial charge in [-0.15, -0.1) is 0 Å². The van der Waals surface area contributed by atoms with Gasteiger partial charge in [-0.05, 0) is 63.1 Å². The molecular formula is C22H28ClN3O3S. The Balaban J connectivity index is 1.53. The first-order valence-corrected chi connectivity index (χ1v) is 11.8. The van der Waals surface area contributed by atoms with Gasteiger partial charge in [-0.3, -0.25) is 0 Å². The van der Waals surface area contributed by atoms with Crippen molar-refractivity contribution in [3.05, 3.63) is 47.4 Å². The molecule has 0 atom stereocenters. The number of hydrogen-bond donors (Lipinski definition) is 0. The standard InChI is InChI=1S/C22H28ClN3O3S/c1-3-28-15(2)26-10-6-16(7-11-26)20-22(30-19-5-4-18(23)14-24-19)29-21(25-20)17-8-12-27-13-9-17/h4-5,14,16-17H,2-3,6-13H2,1H3. The SMILES string of the molecule is C=C(OCC)N1CCC(c2nc(C3CCOCC3)oc2Sc2ccc(Cl)cn2)CC1. The molecule has 0 amide bonds. The molecule has 2 fully saturated rings. The highest BCUT2D eigenvalue weighted by Gasteiger charge is 2.30. The van der Waals surface area contributed by atoms with Crippen LogP contribution in [0.4, 0.5) is 0 Å². The molecule has 0 spiro atoms. The van der Waals surface area contributed by atoms with Crippen molar-refractivity contribution in [3.8, 4) is 0 Å². The van der Waals surface area contributed by atoms with Gasteiger partial charge in [-0.25, -0.2) is 9.97 Å². The predicted octanol–water partition coefficient (Wildman–Crippen LogP) is 5.46. The first kappa shape index (κ1) is 21.5. The highest BCUT2D eigenvalue weighted by Crippen LogP contribution is 2.40. The Morgan fingerprint density at radius 1 is 1.23 bits per heavy atom. The Bertz CT molecular complexity index is 844. The number of hydrogen-bond acceptors (Lipinski definition) is 7. The summed E-state index contributed by atoms with van der Waals surface area (Å²) in [6, 6.07) is 3.77. The Kier molecular flexibility index (Phi) is 7.23. The van der Waals surface area contributed by atoms with Crippen LogP contribution in [0.3, 0.4) is 0 Å². The quantitative estimate of drug-likeness (QED) is 0.520. The lowest BCUT2D eigenvalue weighted by molar-refractivity contribution is 0.0786. The van der Waals surface area contributed by atoms with Crippen LogP contribution in [-0.4, -0.2) is 47.8 Å². The monoisotopic (exact) mass is 449 g/mol. The van der Waals surface area contributed by atoms with E-state index in [0.29, 0.717) is 23.5 Å². The molecule has 0 saturated carbocycles. The highest BCUT2D eigenvalue weighted by atomic mass is 35.5. The number of ether oxygens (including phenoxy) is 2. The summed E-state index contributed by atoms with van der Waals surface area (Å²) >= 11 is 7.52. The number of oxazole rings is 1. The topological polar surface area (TPSA) is 60.6 Å². The fraction of sp³-hybridized carbons (Fsp3) is 0.545. The van der Waals surface area contributed by atoms with Gasteiger partial charge in [-0.1, -0.05) is 11.6 Å². The zero-order valence-corrected chi connectivity index (χ0v) is 18.9. The summed E-state index contributed by atoms with van der Waals surface area (Å²) in [7, 11) is 0. The molecule has 4 heterocycles. The van der Waals surface area contributed by atoms with Crippen LogP contribution in [-0.2, 0) is 9.47 Å². The van der Waals surface area contributed by atoms with Crippen molar-refractivity contribution in [2.24, 2.45) is 0 Å². The van der Waals surface area contributed by atoms with Gasteiger partial charge in [0.2, 0.25) is 0 Å². The van der Waals surface area contributed by atoms with Crippen LogP contribution in [0, 0.1) is 0 Å². The zero-order valence-electron chi connectivity index (χ0n) is 17.3. The zero-order chi connectivity index (χ0) is 20.9. The minimum absolute atomic E-state index is 0.322. The molecular weight excluding hydrogens is 422 g/mol. The maximum Gasteiger partial charge on any atom is 0.199 e. The van der Waals surface area contributed by atoms with Crippen LogP contribution in [0.5, 0.6) is 0 Å². The van der Waals surface area contributed by atoms with Gasteiger partial charge >= 0.3 is 0 Å². The van der Waals surface area contributed by atoms with Gasteiger partial charge < -0.3 is 18.8 Å². The van der Waals surface area contributed by atoms with E-state index in [1.807, 2.05) is 19.1 Å². The fourth-order valence-corrected chi connectivity index (χ4v) is 4.95. The number of piperidine rings is 1. The third-order valence-electron chi connectivity index (χ3n) is 5.65. The third kappa shape index (κ3) is 5.13. The highest BCUT2D eigenvalue weighted by molar-refractivity contribution is 7.99. The van der Waals surface area contributed by atoms with E-state index in [1.165, 1.54) is 11.8 Å². The number of likely N-dealkylation sites (tertiary alicyclic amines) is 1. The van der Waals surface area contributed by atoms with Gasteiger partial charge in [0.05, 0.1) is 17.3 Å². The molecule has 0 radical (unpaired) electrons. The predicted molar refractivity (Wildman–Crippen MR) is 117 cm³/mol. The molecule has 0 bridgehead atoms. The lowest BCUT2D eigenvalue weighted by Gasteiger charge is -2.33. The lowest BCUT2D eigenvalue weighted by Crippen LogP contribution is -2.33. The molecule has 0 aromatic carbocycles. The van der Waals surface area contributed by atoms with Crippen LogP contribution in [0.25, 0.3) is 0 Å². The number of halogens is 1. The molecule has 0 aliphatic carbocycles. The summed E-state index contributed by atoms with van der Waals surface area (Å²) in [5.41, 5.74) is 1.06. The molecule has 2 saturated heterocycles. The van der Waals surface area contributed by atoms with E-state index in [9.17, 15) is 0 Å². The van der Waals surface area contributed by atoms with Gasteiger partial charge in [0.25, 0.3) is 0 Å². The summed E-state index contributed by atoms with van der Waals surface area (Å²) in [5, 5.41) is 2.34. The van der Waals surface area contributed by atoms with E-state index in [1.54, 1.807) is 6.20 Å². The largest absolute Gasteiger partial charge is 0.480 e. The van der Waals surface area contributed by atoms with E-state index < -0.39 is 0 Å². The van der Waals surface area contributed by atoms with Crippen molar-refractivity contribution in [2.45, 2.75) is 54.6 Å². The Hall–Kier alpha value is -1.70. The van der Waals surface area contributed by atoms with Gasteiger partial charge in [0.1, 0.15) is 5.03 Å². The van der Waals surface area contributed by atoms with E-state index in [-0.39, 0.29) is 0 Å². The smallest absolute Gasteiger partial charge is 0.199 e. The minimum Gasteiger partial charge on any atom is -0.480 e. The summed E-state index contributed by atoms with van der Waals surface area (Å²) in [6.07, 6.45) is 5.56. The molecule has 4 rings (SSSR count). The number of pyridine rings is 1. The lowest BCUT2D eigenvalue weighted by atomic mass is 9.94. The molecule has 0 unspecified atom stereocenters. The molecule has 6 nitrogen and oxygen atoms in total. The number of rotatable bonds is 7. The summed E-state index contributed by atoms with van der Waals surface area (Å²) in [4.78, 5) is 11.6. The molecule has 162 valence electrons. The second-order valence-corrected chi connectivity index (χ2v) is 9.05. The molecule has 8 heteroatoms. The molecule has 2 aliphatic rings. The van der Waals surface area contributed by atoms with E-state index in [4.69, 9.17) is 30.5 Å². The maximum absolute atomic E-state index is 6.32. The van der Waals surface area contributed by atoms with Crippen LogP contribution < -0.4 is 0 Å². The maximum atomic E-state index is 6.32. The van der Waals surface area contributed by atoms with Crippen LogP contribution in [0.2, 0.25) is 5.02 Å². The Morgan fingerprint density at radius 3 is 2.67 bits per heavy atom. The number of aromatic nitrogens is 2. The first-order chi connectivity index (χ1) is 14.6. The van der Waals surface area contributed by atoms with Crippen LogP contribution >= 0.6 is 23.4 Å². The number of nitrogens with zero attached hydrogens (tertiary/aromatic N) is 3. The Labute approximate surface area is 187 Å². The van der Waals surface area contributed by atoms with Gasteiger partial charge in [-0.2, -0.15) is 0 Å². The molecule has 2 aromatic rings. The average Bonchev–Trinajstić information content (AvgIpc) is 3.20.